The molecule has 4 nitrogen and oxygen atoms in total. The molecule has 7 heteroatoms. The molecule has 0 saturated carbocycles. The van der Waals surface area contributed by atoms with Crippen LogP contribution < -0.4 is 10.6 Å². The average molecular weight is 359 g/mol. The van der Waals surface area contributed by atoms with E-state index in [-0.39, 0.29) is 5.82 Å². The standard InChI is InChI=1S/C13H12BrFN2O2S/c1-6-10(12(18)19-2)11(17-13(20)16-6)7-3-4-9(15)8(14)5-7/h3-5,11H,1-2H3,(H2,16,17,20)/t11-/m0/s1. The number of hydrogen-bond acceptors (Lipinski definition) is 3. The fourth-order valence-corrected chi connectivity index (χ4v) is 2.68. The second-order valence-corrected chi connectivity index (χ2v) is 5.50. The molecule has 0 aromatic heterocycles. The van der Waals surface area contributed by atoms with E-state index < -0.39 is 12.0 Å². The van der Waals surface area contributed by atoms with Crippen LogP contribution in [0.3, 0.4) is 0 Å². The van der Waals surface area contributed by atoms with Crippen LogP contribution in [-0.4, -0.2) is 18.2 Å². The maximum atomic E-state index is 13.3. The molecule has 20 heavy (non-hydrogen) atoms. The van der Waals surface area contributed by atoms with Crippen molar-refractivity contribution in [2.75, 3.05) is 7.11 Å². The first-order valence-corrected chi connectivity index (χ1v) is 6.95. The van der Waals surface area contributed by atoms with Gasteiger partial charge in [-0.15, -0.1) is 0 Å². The molecule has 0 spiro atoms. The summed E-state index contributed by atoms with van der Waals surface area (Å²) in [5.74, 6) is -0.832. The van der Waals surface area contributed by atoms with Crippen molar-refractivity contribution in [1.82, 2.24) is 10.6 Å². The summed E-state index contributed by atoms with van der Waals surface area (Å²) < 4.78 is 18.4. The molecule has 1 aromatic carbocycles. The highest BCUT2D eigenvalue weighted by atomic mass is 79.9. The molecule has 0 aliphatic carbocycles. The second kappa shape index (κ2) is 5.88. The molecule has 0 saturated heterocycles. The van der Waals surface area contributed by atoms with E-state index in [4.69, 9.17) is 17.0 Å². The Morgan fingerprint density at radius 2 is 2.20 bits per heavy atom. The molecular formula is C13H12BrFN2O2S. The number of rotatable bonds is 2. The van der Waals surface area contributed by atoms with Crippen LogP contribution in [0.15, 0.2) is 33.9 Å². The summed E-state index contributed by atoms with van der Waals surface area (Å²) in [5.41, 5.74) is 1.74. The van der Waals surface area contributed by atoms with Crippen molar-refractivity contribution in [3.05, 3.63) is 45.3 Å². The number of carbonyl (C=O) groups excluding carboxylic acids is 1. The third kappa shape index (κ3) is 2.83. The summed E-state index contributed by atoms with van der Waals surface area (Å²) in [5, 5.41) is 6.28. The van der Waals surface area contributed by atoms with Gasteiger partial charge in [0, 0.05) is 5.70 Å². The molecule has 1 heterocycles. The number of carbonyl (C=O) groups is 1. The summed E-state index contributed by atoms with van der Waals surface area (Å²) in [6.07, 6.45) is 0. The maximum absolute atomic E-state index is 13.3. The average Bonchev–Trinajstić information content (AvgIpc) is 2.40. The number of nitrogens with one attached hydrogen (secondary N) is 2. The van der Waals surface area contributed by atoms with E-state index >= 15 is 0 Å². The first kappa shape index (κ1) is 14.9. The Morgan fingerprint density at radius 1 is 1.50 bits per heavy atom. The highest BCUT2D eigenvalue weighted by Gasteiger charge is 2.30. The molecule has 1 atom stereocenters. The number of allylic oxidation sites excluding steroid dienone is 1. The van der Waals surface area contributed by atoms with Crippen molar-refractivity contribution in [1.29, 1.82) is 0 Å². The monoisotopic (exact) mass is 358 g/mol. The van der Waals surface area contributed by atoms with Gasteiger partial charge in [-0.1, -0.05) is 6.07 Å². The Kier molecular flexibility index (Phi) is 4.39. The molecule has 0 fully saturated rings. The van der Waals surface area contributed by atoms with Gasteiger partial charge < -0.3 is 15.4 Å². The third-order valence-corrected chi connectivity index (χ3v) is 3.78. The third-order valence-electron chi connectivity index (χ3n) is 2.95. The van der Waals surface area contributed by atoms with Gasteiger partial charge in [-0.05, 0) is 52.8 Å². The summed E-state index contributed by atoms with van der Waals surface area (Å²) in [4.78, 5) is 11.9. The number of methoxy groups -OCH3 is 1. The summed E-state index contributed by atoms with van der Waals surface area (Å²) in [6, 6.07) is 4.06. The van der Waals surface area contributed by atoms with Crippen molar-refractivity contribution in [2.45, 2.75) is 13.0 Å². The zero-order valence-corrected chi connectivity index (χ0v) is 13.2. The molecule has 1 aromatic rings. The molecule has 0 radical (unpaired) electrons. The fourth-order valence-electron chi connectivity index (χ4n) is 2.02. The van der Waals surface area contributed by atoms with Crippen LogP contribution >= 0.6 is 28.1 Å². The van der Waals surface area contributed by atoms with E-state index in [2.05, 4.69) is 26.6 Å². The number of thiocarbonyl (C=S) groups is 1. The molecule has 2 N–H and O–H groups in total. The quantitative estimate of drug-likeness (QED) is 0.628. The lowest BCUT2D eigenvalue weighted by molar-refractivity contribution is -0.136. The predicted octanol–water partition coefficient (Wildman–Crippen LogP) is 2.55. The van der Waals surface area contributed by atoms with E-state index in [1.165, 1.54) is 13.2 Å². The van der Waals surface area contributed by atoms with Crippen LogP contribution in [-0.2, 0) is 9.53 Å². The van der Waals surface area contributed by atoms with Gasteiger partial charge in [0.05, 0.1) is 23.2 Å². The molecule has 1 aliphatic rings. The lowest BCUT2D eigenvalue weighted by atomic mass is 9.96. The lowest BCUT2D eigenvalue weighted by Crippen LogP contribution is -2.45. The number of ether oxygens (including phenoxy) is 1. The highest BCUT2D eigenvalue weighted by molar-refractivity contribution is 9.10. The predicted molar refractivity (Wildman–Crippen MR) is 80.4 cm³/mol. The molecule has 106 valence electrons. The van der Waals surface area contributed by atoms with Crippen LogP contribution in [0.4, 0.5) is 4.39 Å². The minimum absolute atomic E-state index is 0.322. The molecule has 0 unspecified atom stereocenters. The van der Waals surface area contributed by atoms with Crippen LogP contribution in [0.25, 0.3) is 0 Å². The van der Waals surface area contributed by atoms with E-state index in [0.29, 0.717) is 26.4 Å². The van der Waals surface area contributed by atoms with Gasteiger partial charge in [-0.25, -0.2) is 9.18 Å². The SMILES string of the molecule is COC(=O)C1=C(C)NC(=S)N[C@H]1c1ccc(F)c(Br)c1. The first-order valence-electron chi connectivity index (χ1n) is 5.75. The van der Waals surface area contributed by atoms with E-state index in [0.717, 1.165) is 0 Å². The van der Waals surface area contributed by atoms with Gasteiger partial charge in [-0.3, -0.25) is 0 Å². The van der Waals surface area contributed by atoms with Crippen LogP contribution in [0.1, 0.15) is 18.5 Å². The van der Waals surface area contributed by atoms with Crippen LogP contribution in [0, 0.1) is 5.82 Å². The zero-order chi connectivity index (χ0) is 14.9. The normalized spacial score (nSPS) is 18.4. The number of esters is 1. The summed E-state index contributed by atoms with van der Waals surface area (Å²) in [7, 11) is 1.31. The van der Waals surface area contributed by atoms with E-state index in [1.807, 2.05) is 0 Å². The smallest absolute Gasteiger partial charge is 0.337 e. The Bertz CT molecular complexity index is 618. The topological polar surface area (TPSA) is 50.4 Å². The fraction of sp³-hybridized carbons (Fsp3) is 0.231. The first-order chi connectivity index (χ1) is 9.43. The van der Waals surface area contributed by atoms with Crippen LogP contribution in [0.5, 0.6) is 0 Å². The van der Waals surface area contributed by atoms with E-state index in [9.17, 15) is 9.18 Å². The van der Waals surface area contributed by atoms with Gasteiger partial charge >= 0.3 is 5.97 Å². The minimum Gasteiger partial charge on any atom is -0.466 e. The summed E-state index contributed by atoms with van der Waals surface area (Å²) in [6.45, 7) is 1.74. The van der Waals surface area contributed by atoms with Crippen molar-refractivity contribution in [2.24, 2.45) is 0 Å². The Balaban J connectivity index is 2.50. The van der Waals surface area contributed by atoms with Crippen molar-refractivity contribution < 1.29 is 13.9 Å². The van der Waals surface area contributed by atoms with Gasteiger partial charge in [0.1, 0.15) is 5.82 Å². The van der Waals surface area contributed by atoms with Crippen molar-refractivity contribution in [3.63, 3.8) is 0 Å². The highest BCUT2D eigenvalue weighted by Crippen LogP contribution is 2.29. The Hall–Kier alpha value is -1.47. The van der Waals surface area contributed by atoms with Gasteiger partial charge in [0.15, 0.2) is 5.11 Å². The Labute approximate surface area is 129 Å². The zero-order valence-electron chi connectivity index (χ0n) is 10.8. The van der Waals surface area contributed by atoms with Crippen molar-refractivity contribution >= 4 is 39.2 Å². The molecule has 0 amide bonds. The summed E-state index contributed by atoms with van der Waals surface area (Å²) >= 11 is 8.23. The number of benzene rings is 1. The van der Waals surface area contributed by atoms with E-state index in [1.54, 1.807) is 19.1 Å². The largest absolute Gasteiger partial charge is 0.466 e. The van der Waals surface area contributed by atoms with Gasteiger partial charge in [-0.2, -0.15) is 0 Å². The minimum atomic E-state index is -0.479. The maximum Gasteiger partial charge on any atom is 0.337 e. The molecule has 0 bridgehead atoms. The Morgan fingerprint density at radius 3 is 2.80 bits per heavy atom. The second-order valence-electron chi connectivity index (χ2n) is 4.24. The lowest BCUT2D eigenvalue weighted by Gasteiger charge is -2.29. The van der Waals surface area contributed by atoms with Crippen molar-refractivity contribution in [3.8, 4) is 0 Å². The molecule has 1 aliphatic heterocycles. The number of hydrogen-bond donors (Lipinski definition) is 2. The molecule has 2 rings (SSSR count). The van der Waals surface area contributed by atoms with Gasteiger partial charge in [0.2, 0.25) is 0 Å². The molecular weight excluding hydrogens is 347 g/mol. The van der Waals surface area contributed by atoms with Gasteiger partial charge in [0.25, 0.3) is 0 Å². The number of halogens is 2. The van der Waals surface area contributed by atoms with Crippen LogP contribution in [0.2, 0.25) is 0 Å².